The van der Waals surface area contributed by atoms with Gasteiger partial charge < -0.3 is 15.5 Å². The van der Waals surface area contributed by atoms with Crippen molar-refractivity contribution in [2.24, 2.45) is 0 Å². The zero-order chi connectivity index (χ0) is 15.5. The molecular weight excluding hydrogens is 274 g/mol. The van der Waals surface area contributed by atoms with Gasteiger partial charge in [0.05, 0.1) is 0 Å². The second kappa shape index (κ2) is 5.93. The lowest BCUT2D eigenvalue weighted by molar-refractivity contribution is 0.578. The van der Waals surface area contributed by atoms with Crippen molar-refractivity contribution in [3.63, 3.8) is 0 Å². The van der Waals surface area contributed by atoms with Gasteiger partial charge in [0.25, 0.3) is 6.01 Å². The van der Waals surface area contributed by atoms with E-state index in [0.717, 1.165) is 22.6 Å². The molecule has 0 bridgehead atoms. The molecule has 0 spiro atoms. The minimum Gasteiger partial charge on any atom is -0.431 e. The summed E-state index contributed by atoms with van der Waals surface area (Å²) in [6, 6.07) is 16.3. The summed E-state index contributed by atoms with van der Waals surface area (Å²) in [5.41, 5.74) is 10.4. The molecule has 1 aromatic heterocycles. The van der Waals surface area contributed by atoms with Gasteiger partial charge in [-0.1, -0.05) is 38.1 Å². The highest BCUT2D eigenvalue weighted by Crippen LogP contribution is 2.25. The number of rotatable bonds is 4. The third-order valence-corrected chi connectivity index (χ3v) is 3.54. The summed E-state index contributed by atoms with van der Waals surface area (Å²) in [4.78, 5) is 4.46. The molecule has 2 aromatic carbocycles. The Kier molecular flexibility index (Phi) is 3.83. The fraction of sp³-hybridized carbons (Fsp3) is 0.167. The van der Waals surface area contributed by atoms with Crippen molar-refractivity contribution >= 4 is 17.4 Å². The van der Waals surface area contributed by atoms with Crippen molar-refractivity contribution in [2.75, 3.05) is 11.1 Å². The monoisotopic (exact) mass is 293 g/mol. The maximum absolute atomic E-state index is 5.67. The number of nitrogens with one attached hydrogen (secondary N) is 1. The van der Waals surface area contributed by atoms with Gasteiger partial charge >= 0.3 is 0 Å². The number of nitrogens with two attached hydrogens (primary N) is 1. The molecule has 1 heterocycles. The van der Waals surface area contributed by atoms with Crippen molar-refractivity contribution in [3.8, 4) is 11.3 Å². The molecule has 0 amide bonds. The predicted octanol–water partition coefficient (Wildman–Crippen LogP) is 4.79. The van der Waals surface area contributed by atoms with Crippen molar-refractivity contribution in [2.45, 2.75) is 19.8 Å². The van der Waals surface area contributed by atoms with Crippen LogP contribution in [0.3, 0.4) is 0 Å². The summed E-state index contributed by atoms with van der Waals surface area (Å²) in [6.45, 7) is 4.36. The van der Waals surface area contributed by atoms with Crippen LogP contribution in [0.25, 0.3) is 11.3 Å². The first-order chi connectivity index (χ1) is 10.6. The summed E-state index contributed by atoms with van der Waals surface area (Å²) in [5.74, 6) is 0.522. The fourth-order valence-corrected chi connectivity index (χ4v) is 2.19. The Balaban J connectivity index is 1.77. The molecule has 0 aliphatic rings. The highest BCUT2D eigenvalue weighted by atomic mass is 16.4. The second-order valence-electron chi connectivity index (χ2n) is 5.56. The topological polar surface area (TPSA) is 64.1 Å². The van der Waals surface area contributed by atoms with Crippen LogP contribution in [0.1, 0.15) is 25.3 Å². The van der Waals surface area contributed by atoms with E-state index in [1.165, 1.54) is 5.56 Å². The molecular formula is C18H19N3O. The van der Waals surface area contributed by atoms with Gasteiger partial charge in [0.2, 0.25) is 0 Å². The van der Waals surface area contributed by atoms with Crippen LogP contribution in [0.5, 0.6) is 0 Å². The summed E-state index contributed by atoms with van der Waals surface area (Å²) >= 11 is 0. The number of benzene rings is 2. The molecule has 3 aromatic rings. The normalized spacial score (nSPS) is 10.9. The van der Waals surface area contributed by atoms with Gasteiger partial charge in [-0.2, -0.15) is 4.98 Å². The van der Waals surface area contributed by atoms with Gasteiger partial charge in [0.15, 0.2) is 0 Å². The van der Waals surface area contributed by atoms with Gasteiger partial charge in [-0.25, -0.2) is 0 Å². The lowest BCUT2D eigenvalue weighted by Crippen LogP contribution is -1.91. The molecule has 3 rings (SSSR count). The van der Waals surface area contributed by atoms with E-state index in [1.54, 1.807) is 6.26 Å². The van der Waals surface area contributed by atoms with E-state index in [2.05, 4.69) is 48.4 Å². The number of hydrogen-bond acceptors (Lipinski definition) is 4. The Morgan fingerprint density at radius 3 is 2.32 bits per heavy atom. The predicted molar refractivity (Wildman–Crippen MR) is 90.2 cm³/mol. The first-order valence-electron chi connectivity index (χ1n) is 7.30. The Morgan fingerprint density at radius 1 is 1.00 bits per heavy atom. The Bertz CT molecular complexity index is 743. The lowest BCUT2D eigenvalue weighted by atomic mass is 10.0. The van der Waals surface area contributed by atoms with Gasteiger partial charge in [-0.3, -0.25) is 0 Å². The lowest BCUT2D eigenvalue weighted by Gasteiger charge is -2.05. The number of hydrogen-bond donors (Lipinski definition) is 2. The third kappa shape index (κ3) is 3.11. The third-order valence-electron chi connectivity index (χ3n) is 3.54. The van der Waals surface area contributed by atoms with Crippen molar-refractivity contribution in [3.05, 3.63) is 60.4 Å². The Morgan fingerprint density at radius 2 is 1.68 bits per heavy atom. The summed E-state index contributed by atoms with van der Waals surface area (Å²) in [5, 5.41) is 3.12. The summed E-state index contributed by atoms with van der Waals surface area (Å²) < 4.78 is 5.48. The Labute approximate surface area is 130 Å². The molecule has 0 radical (unpaired) electrons. The quantitative estimate of drug-likeness (QED) is 0.679. The molecule has 0 aliphatic heterocycles. The van der Waals surface area contributed by atoms with Crippen molar-refractivity contribution in [1.29, 1.82) is 0 Å². The molecule has 0 saturated carbocycles. The van der Waals surface area contributed by atoms with Crippen molar-refractivity contribution in [1.82, 2.24) is 4.98 Å². The molecule has 0 fully saturated rings. The van der Waals surface area contributed by atoms with Gasteiger partial charge in [0, 0.05) is 16.9 Å². The van der Waals surface area contributed by atoms with Crippen LogP contribution in [-0.4, -0.2) is 4.98 Å². The maximum atomic E-state index is 5.67. The average Bonchev–Trinajstić information content (AvgIpc) is 2.98. The number of nitrogens with zero attached hydrogens (tertiary/aromatic N) is 1. The molecule has 0 atom stereocenters. The van der Waals surface area contributed by atoms with E-state index >= 15 is 0 Å². The van der Waals surface area contributed by atoms with E-state index in [9.17, 15) is 0 Å². The number of oxazole rings is 1. The van der Waals surface area contributed by atoms with Crippen LogP contribution < -0.4 is 11.1 Å². The van der Waals surface area contributed by atoms with E-state index < -0.39 is 0 Å². The zero-order valence-electron chi connectivity index (χ0n) is 12.7. The standard InChI is InChI=1S/C18H19N3O/c1-12(2)13-3-5-14(6-4-13)17-11-22-18(21-17)20-16-9-7-15(19)8-10-16/h3-12H,19H2,1-2H3,(H,20,21). The fourth-order valence-electron chi connectivity index (χ4n) is 2.19. The highest BCUT2D eigenvalue weighted by Gasteiger charge is 2.07. The number of anilines is 3. The summed E-state index contributed by atoms with van der Waals surface area (Å²) in [7, 11) is 0. The largest absolute Gasteiger partial charge is 0.431 e. The smallest absolute Gasteiger partial charge is 0.299 e. The van der Waals surface area contributed by atoms with E-state index in [1.807, 2.05) is 24.3 Å². The van der Waals surface area contributed by atoms with Crippen LogP contribution in [0.15, 0.2) is 59.2 Å². The number of aromatic nitrogens is 1. The van der Waals surface area contributed by atoms with Crippen LogP contribution in [-0.2, 0) is 0 Å². The maximum Gasteiger partial charge on any atom is 0.299 e. The molecule has 0 saturated heterocycles. The highest BCUT2D eigenvalue weighted by molar-refractivity contribution is 5.62. The van der Waals surface area contributed by atoms with Crippen LogP contribution >= 0.6 is 0 Å². The van der Waals surface area contributed by atoms with E-state index in [0.29, 0.717) is 11.9 Å². The minimum absolute atomic E-state index is 0.465. The van der Waals surface area contributed by atoms with Crippen LogP contribution in [0.4, 0.5) is 17.4 Å². The van der Waals surface area contributed by atoms with Gasteiger partial charge in [-0.15, -0.1) is 0 Å². The van der Waals surface area contributed by atoms with E-state index in [-0.39, 0.29) is 0 Å². The van der Waals surface area contributed by atoms with Crippen LogP contribution in [0.2, 0.25) is 0 Å². The average molecular weight is 293 g/mol. The first-order valence-corrected chi connectivity index (χ1v) is 7.30. The molecule has 22 heavy (non-hydrogen) atoms. The molecule has 0 unspecified atom stereocenters. The van der Waals surface area contributed by atoms with Gasteiger partial charge in [-0.05, 0) is 35.7 Å². The summed E-state index contributed by atoms with van der Waals surface area (Å²) in [6.07, 6.45) is 1.66. The first kappa shape index (κ1) is 14.2. The van der Waals surface area contributed by atoms with Gasteiger partial charge in [0.1, 0.15) is 12.0 Å². The SMILES string of the molecule is CC(C)c1ccc(-c2coc(Nc3ccc(N)cc3)n2)cc1. The molecule has 4 heteroatoms. The van der Waals surface area contributed by atoms with E-state index in [4.69, 9.17) is 10.2 Å². The zero-order valence-corrected chi connectivity index (χ0v) is 12.7. The molecule has 4 nitrogen and oxygen atoms in total. The molecule has 3 N–H and O–H groups in total. The minimum atomic E-state index is 0.465. The number of nitrogen functional groups attached to an aromatic ring is 1. The van der Waals surface area contributed by atoms with Crippen LogP contribution in [0, 0.1) is 0 Å². The molecule has 0 aliphatic carbocycles. The second-order valence-corrected chi connectivity index (χ2v) is 5.56. The Hall–Kier alpha value is -2.75. The van der Waals surface area contributed by atoms with Crippen molar-refractivity contribution < 1.29 is 4.42 Å². The molecule has 112 valence electrons.